The van der Waals surface area contributed by atoms with Crippen LogP contribution in [0.1, 0.15) is 111 Å². The topological polar surface area (TPSA) is 239 Å². The van der Waals surface area contributed by atoms with E-state index in [9.17, 15) is 56.2 Å². The summed E-state index contributed by atoms with van der Waals surface area (Å²) in [5.41, 5.74) is 2.27. The molecule has 516 valence electrons. The maximum absolute atomic E-state index is 14.9. The number of anilines is 2. The van der Waals surface area contributed by atoms with Gasteiger partial charge in [-0.25, -0.2) is 9.37 Å². The minimum Gasteiger partial charge on any atom is -0.391 e. The Morgan fingerprint density at radius 2 is 1.47 bits per heavy atom. The first-order chi connectivity index (χ1) is 45.8. The summed E-state index contributed by atoms with van der Waals surface area (Å²) in [5.74, 6) is -3.15. The summed E-state index contributed by atoms with van der Waals surface area (Å²) in [6.07, 6.45) is -2.11. The van der Waals surface area contributed by atoms with Gasteiger partial charge in [-0.1, -0.05) is 69.3 Å². The Morgan fingerprint density at radius 3 is 2.12 bits per heavy atom. The molecular formula is C70H89F4N13O8S. The van der Waals surface area contributed by atoms with Crippen molar-refractivity contribution >= 4 is 58.2 Å². The number of nitrogens with one attached hydrogen (secondary N) is 5. The first kappa shape index (κ1) is 69.7. The van der Waals surface area contributed by atoms with Crippen LogP contribution in [0.25, 0.3) is 21.6 Å². The molecule has 6 aliphatic rings. The minimum atomic E-state index is -4.92. The van der Waals surface area contributed by atoms with E-state index in [0.717, 1.165) is 124 Å². The second kappa shape index (κ2) is 29.6. The quantitative estimate of drug-likeness (QED) is 0.0446. The zero-order chi connectivity index (χ0) is 68.2. The summed E-state index contributed by atoms with van der Waals surface area (Å²) in [7, 11) is 2.02. The van der Waals surface area contributed by atoms with Crippen LogP contribution >= 0.6 is 11.3 Å². The van der Waals surface area contributed by atoms with Crippen molar-refractivity contribution in [2.45, 2.75) is 128 Å². The molecule has 96 heavy (non-hydrogen) atoms. The number of amides is 6. The van der Waals surface area contributed by atoms with Crippen LogP contribution in [0.3, 0.4) is 0 Å². The molecular weight excluding hydrogens is 1260 g/mol. The van der Waals surface area contributed by atoms with Crippen molar-refractivity contribution in [1.29, 1.82) is 0 Å². The van der Waals surface area contributed by atoms with Gasteiger partial charge in [0.25, 0.3) is 11.8 Å². The third kappa shape index (κ3) is 16.8. The molecule has 26 heteroatoms. The van der Waals surface area contributed by atoms with E-state index in [4.69, 9.17) is 0 Å². The number of benzene rings is 3. The van der Waals surface area contributed by atoms with E-state index in [-0.39, 0.29) is 56.0 Å². The lowest BCUT2D eigenvalue weighted by molar-refractivity contribution is -0.145. The number of aliphatic hydroxyl groups is 1. The number of hydrogen-bond donors (Lipinski definition) is 6. The Kier molecular flexibility index (Phi) is 21.5. The van der Waals surface area contributed by atoms with Crippen molar-refractivity contribution in [3.63, 3.8) is 0 Å². The molecule has 6 N–H and O–H groups in total. The molecule has 1 saturated carbocycles. The van der Waals surface area contributed by atoms with Crippen LogP contribution in [0.2, 0.25) is 0 Å². The van der Waals surface area contributed by atoms with Gasteiger partial charge >= 0.3 is 6.18 Å². The zero-order valence-electron chi connectivity index (χ0n) is 55.3. The van der Waals surface area contributed by atoms with Crippen molar-refractivity contribution < 1.29 is 51.4 Å². The molecule has 6 fully saturated rings. The Hall–Kier alpha value is -7.62. The molecule has 4 atom stereocenters. The second-order valence-electron chi connectivity index (χ2n) is 27.9. The SMILES string of the molecule is Cc1ncsc1-c1ccc([C@H](CC(=O)N2CCC(N3CCC(C(=O)NCCN4CCN(Cc5cccc(-c6ccc(N7CCN(C)CC7)c(NC(=O)c7c[nH]c(=O)cc7C(F)(F)F)c6)c5)CC4)CC3)CC2)NC(=O)[C@@H]2C[C@@H](O)CN2C(=O)[C@@H](NC(=O)C2(F)CC2)C(C)(C)C)cc1. The molecule has 1 aliphatic carbocycles. The first-order valence-corrected chi connectivity index (χ1v) is 34.5. The number of likely N-dealkylation sites (N-methyl/N-ethyl adjacent to an activating group) is 1. The molecule has 5 aromatic rings. The number of carbonyl (C=O) groups excluding carboxylic acids is 6. The molecule has 7 heterocycles. The lowest BCUT2D eigenvalue weighted by atomic mass is 9.85. The van der Waals surface area contributed by atoms with Crippen molar-refractivity contribution in [3.8, 4) is 21.6 Å². The number of pyridine rings is 1. The van der Waals surface area contributed by atoms with E-state index in [1.165, 1.54) is 16.2 Å². The number of H-pyrrole nitrogens is 1. The Balaban J connectivity index is 0.629. The average Bonchev–Trinajstić information content (AvgIpc) is 1.45. The number of carbonyl (C=O) groups is 6. The lowest BCUT2D eigenvalue weighted by Gasteiger charge is -2.42. The highest BCUT2D eigenvalue weighted by molar-refractivity contribution is 7.13. The predicted octanol–water partition coefficient (Wildman–Crippen LogP) is 6.68. The molecule has 11 rings (SSSR count). The number of piperidine rings is 2. The van der Waals surface area contributed by atoms with E-state index in [0.29, 0.717) is 62.3 Å². The number of β-amino-alcohol motifs (C(OH)–C–C–N with tert-alkyl or cyclic N) is 1. The van der Waals surface area contributed by atoms with E-state index in [1.807, 2.05) is 67.4 Å². The molecule has 0 bridgehead atoms. The number of alkyl halides is 4. The molecule has 6 amide bonds. The maximum Gasteiger partial charge on any atom is 0.417 e. The number of piperazine rings is 2. The smallest absolute Gasteiger partial charge is 0.391 e. The number of aromatic nitrogens is 2. The van der Waals surface area contributed by atoms with Gasteiger partial charge in [0, 0.05) is 122 Å². The highest BCUT2D eigenvalue weighted by Gasteiger charge is 2.54. The monoisotopic (exact) mass is 1350 g/mol. The van der Waals surface area contributed by atoms with Crippen LogP contribution in [0.5, 0.6) is 0 Å². The van der Waals surface area contributed by atoms with Crippen LogP contribution in [0.15, 0.2) is 89.3 Å². The van der Waals surface area contributed by atoms with Gasteiger partial charge in [-0.2, -0.15) is 13.2 Å². The molecule has 2 aromatic heterocycles. The summed E-state index contributed by atoms with van der Waals surface area (Å²) >= 11 is 1.51. The fourth-order valence-electron chi connectivity index (χ4n) is 14.0. The number of rotatable bonds is 20. The molecule has 21 nitrogen and oxygen atoms in total. The van der Waals surface area contributed by atoms with Gasteiger partial charge in [0.2, 0.25) is 29.2 Å². The van der Waals surface area contributed by atoms with E-state index >= 15 is 0 Å². The first-order valence-electron chi connectivity index (χ1n) is 33.6. The molecule has 5 saturated heterocycles. The van der Waals surface area contributed by atoms with Crippen molar-refractivity contribution in [2.75, 3.05) is 115 Å². The van der Waals surface area contributed by atoms with Crippen LogP contribution in [-0.4, -0.2) is 215 Å². The zero-order valence-corrected chi connectivity index (χ0v) is 56.1. The third-order valence-corrected chi connectivity index (χ3v) is 21.0. The van der Waals surface area contributed by atoms with Crippen LogP contribution in [-0.2, 0) is 36.7 Å². The summed E-state index contributed by atoms with van der Waals surface area (Å²) in [6, 6.07) is 19.0. The normalized spacial score (nSPS) is 21.0. The Bertz CT molecular complexity index is 3680. The highest BCUT2D eigenvalue weighted by atomic mass is 32.1. The van der Waals surface area contributed by atoms with Crippen molar-refractivity contribution in [1.82, 2.24) is 55.3 Å². The highest BCUT2D eigenvalue weighted by Crippen LogP contribution is 2.41. The fourth-order valence-corrected chi connectivity index (χ4v) is 14.8. The predicted molar refractivity (Wildman–Crippen MR) is 359 cm³/mol. The van der Waals surface area contributed by atoms with E-state index in [1.54, 1.807) is 32.3 Å². The molecule has 5 aliphatic heterocycles. The third-order valence-electron chi connectivity index (χ3n) is 20.0. The summed E-state index contributed by atoms with van der Waals surface area (Å²) < 4.78 is 57.0. The minimum absolute atomic E-state index is 0.0525. The number of aryl methyl sites for hydroxylation is 1. The van der Waals surface area contributed by atoms with E-state index in [2.05, 4.69) is 67.9 Å². The molecule has 0 radical (unpaired) electrons. The van der Waals surface area contributed by atoms with Crippen molar-refractivity contribution in [3.05, 3.63) is 123 Å². The number of hydrogen-bond acceptors (Lipinski definition) is 15. The molecule has 0 unspecified atom stereocenters. The number of aromatic amines is 1. The Morgan fingerprint density at radius 1 is 0.792 bits per heavy atom. The van der Waals surface area contributed by atoms with Crippen LogP contribution in [0.4, 0.5) is 28.9 Å². The average molecular weight is 1350 g/mol. The summed E-state index contributed by atoms with van der Waals surface area (Å²) in [5, 5.41) is 22.6. The fraction of sp³-hybridized carbons (Fsp3) is 0.543. The van der Waals surface area contributed by atoms with Crippen molar-refractivity contribution in [2.24, 2.45) is 11.3 Å². The van der Waals surface area contributed by atoms with E-state index < -0.39 is 81.8 Å². The summed E-state index contributed by atoms with van der Waals surface area (Å²) in [4.78, 5) is 117. The number of halogens is 4. The number of likely N-dealkylation sites (tertiary alicyclic amines) is 3. The van der Waals surface area contributed by atoms with Gasteiger partial charge in [-0.3, -0.25) is 43.4 Å². The maximum atomic E-state index is 14.9. The van der Waals surface area contributed by atoms with Gasteiger partial charge in [0.15, 0.2) is 5.67 Å². The molecule has 3 aromatic carbocycles. The van der Waals surface area contributed by atoms with Crippen LogP contribution < -0.4 is 31.7 Å². The number of thiazole rings is 1. The van der Waals surface area contributed by atoms with Gasteiger partial charge in [-0.15, -0.1) is 11.3 Å². The largest absolute Gasteiger partial charge is 0.417 e. The number of nitrogens with zero attached hydrogens (tertiary/aromatic N) is 8. The number of aliphatic hydroxyl groups excluding tert-OH is 1. The van der Waals surface area contributed by atoms with Gasteiger partial charge in [0.05, 0.1) is 57.1 Å². The standard InChI is InChI=1S/C70H89F4N13O8S/c1-44-61(96-43-77-44)47-11-9-46(10-12-47)55(78-65(93)58-37-52(88)42-87(58)66(94)62(68(2,3)4)80-67(95)69(71)19-20-69)39-60(90)86-24-17-51(18-25-86)84-22-15-48(16-23-84)63(91)75-21-26-82-29-31-83(32-30-82)41-45-7-6-8-49(35-45)50-13-14-57(85-33-27-81(5)28-34-85)56(36-50)79-64(92)53-40-76-59(89)38-54(53)70(72,73)74/h6-14,35-36,38,40,43,48,51-52,55,58,62,88H,15-34,37,39,41-42H2,1-5H3,(H,75,91)(H,76,89)(H,78,93)(H,79,92)(H,80,95)/t52-,55+,58+,62-/m1/s1. The van der Waals surface area contributed by atoms with Gasteiger partial charge < -0.3 is 55.9 Å². The molecule has 0 spiro atoms. The lowest BCUT2D eigenvalue weighted by Crippen LogP contribution is -2.59. The van der Waals surface area contributed by atoms with Gasteiger partial charge in [-0.05, 0) is 117 Å². The Labute approximate surface area is 561 Å². The second-order valence-corrected chi connectivity index (χ2v) is 28.8. The van der Waals surface area contributed by atoms with Gasteiger partial charge in [0.1, 0.15) is 12.1 Å². The van der Waals surface area contributed by atoms with Crippen LogP contribution in [0, 0.1) is 18.3 Å². The summed E-state index contributed by atoms with van der Waals surface area (Å²) in [6.45, 7) is 17.8.